The maximum atomic E-state index is 12.8. The number of piperazine rings is 1. The minimum absolute atomic E-state index is 0.0586. The van der Waals surface area contributed by atoms with Crippen molar-refractivity contribution in [3.63, 3.8) is 0 Å². The Balaban J connectivity index is 1.37. The molecule has 0 N–H and O–H groups in total. The zero-order valence-corrected chi connectivity index (χ0v) is 15.5. The highest BCUT2D eigenvalue weighted by atomic mass is 16.5. The predicted molar refractivity (Wildman–Crippen MR) is 99.8 cm³/mol. The fraction of sp³-hybridized carbons (Fsp3) is 0.450. The third kappa shape index (κ3) is 3.73. The molecule has 0 spiro atoms. The van der Waals surface area contributed by atoms with Crippen molar-refractivity contribution in [3.8, 4) is 5.69 Å². The van der Waals surface area contributed by atoms with Gasteiger partial charge in [0.1, 0.15) is 18.1 Å². The van der Waals surface area contributed by atoms with Crippen LogP contribution in [0.25, 0.3) is 5.69 Å². The molecule has 1 aromatic carbocycles. The Morgan fingerprint density at radius 2 is 1.78 bits per heavy atom. The Morgan fingerprint density at radius 1 is 1.07 bits per heavy atom. The van der Waals surface area contributed by atoms with E-state index in [1.807, 2.05) is 40.7 Å². The zero-order chi connectivity index (χ0) is 18.8. The lowest BCUT2D eigenvalue weighted by atomic mass is 10.2. The van der Waals surface area contributed by atoms with Crippen LogP contribution in [0, 0.1) is 6.92 Å². The van der Waals surface area contributed by atoms with Crippen LogP contribution in [0.3, 0.4) is 0 Å². The Bertz CT molecular complexity index is 816. The van der Waals surface area contributed by atoms with Crippen LogP contribution in [0.5, 0.6) is 0 Å². The molecule has 142 valence electrons. The number of carbonyl (C=O) groups is 2. The highest BCUT2D eigenvalue weighted by Gasteiger charge is 2.31. The van der Waals surface area contributed by atoms with Crippen LogP contribution in [0.2, 0.25) is 0 Å². The Kier molecular flexibility index (Phi) is 4.94. The molecule has 7 heteroatoms. The molecule has 0 bridgehead atoms. The first-order valence-corrected chi connectivity index (χ1v) is 9.42. The van der Waals surface area contributed by atoms with Gasteiger partial charge in [0.15, 0.2) is 0 Å². The normalized spacial score (nSPS) is 20.1. The molecule has 0 radical (unpaired) electrons. The van der Waals surface area contributed by atoms with E-state index in [0.29, 0.717) is 38.5 Å². The lowest BCUT2D eigenvalue weighted by Crippen LogP contribution is -2.52. The van der Waals surface area contributed by atoms with Crippen molar-refractivity contribution in [1.29, 1.82) is 0 Å². The van der Waals surface area contributed by atoms with Crippen molar-refractivity contribution in [1.82, 2.24) is 19.4 Å². The molecule has 3 heterocycles. The second-order valence-corrected chi connectivity index (χ2v) is 7.12. The predicted octanol–water partition coefficient (Wildman–Crippen LogP) is 1.64. The molecule has 2 aromatic rings. The highest BCUT2D eigenvalue weighted by Crippen LogP contribution is 2.17. The molecule has 0 aliphatic carbocycles. The summed E-state index contributed by atoms with van der Waals surface area (Å²) in [5.41, 5.74) is 2.58. The first-order chi connectivity index (χ1) is 13.1. The molecule has 7 nitrogen and oxygen atoms in total. The van der Waals surface area contributed by atoms with E-state index in [-0.39, 0.29) is 17.9 Å². The van der Waals surface area contributed by atoms with Crippen molar-refractivity contribution in [3.05, 3.63) is 48.0 Å². The molecule has 1 atom stereocenters. The van der Waals surface area contributed by atoms with Crippen molar-refractivity contribution in [2.45, 2.75) is 25.9 Å². The van der Waals surface area contributed by atoms with Crippen LogP contribution in [0.15, 0.2) is 36.8 Å². The second kappa shape index (κ2) is 7.52. The van der Waals surface area contributed by atoms with Gasteiger partial charge in [-0.3, -0.25) is 9.59 Å². The van der Waals surface area contributed by atoms with Crippen molar-refractivity contribution in [2.24, 2.45) is 0 Å². The molecule has 27 heavy (non-hydrogen) atoms. The molecule has 2 aliphatic rings. The number of ether oxygens (including phenoxy) is 1. The number of aromatic nitrogens is 2. The van der Waals surface area contributed by atoms with Crippen LogP contribution in [0.4, 0.5) is 0 Å². The second-order valence-electron chi connectivity index (χ2n) is 7.12. The van der Waals surface area contributed by atoms with E-state index in [1.165, 1.54) is 5.56 Å². The van der Waals surface area contributed by atoms with Crippen molar-refractivity contribution >= 4 is 11.8 Å². The number of amides is 2. The van der Waals surface area contributed by atoms with Gasteiger partial charge in [-0.25, -0.2) is 4.98 Å². The van der Waals surface area contributed by atoms with E-state index in [4.69, 9.17) is 4.74 Å². The lowest BCUT2D eigenvalue weighted by Gasteiger charge is -2.35. The standard InChI is InChI=1S/C20H24N4O3/c1-15-4-6-16(7-5-15)24-13-17(21-14-24)19(25)22-8-10-23(11-9-22)20(26)18-3-2-12-27-18/h4-7,13-14,18H,2-3,8-12H2,1H3/t18-/m1/s1. The topological polar surface area (TPSA) is 67.7 Å². The molecule has 0 saturated carbocycles. The summed E-state index contributed by atoms with van der Waals surface area (Å²) >= 11 is 0. The molecule has 2 amide bonds. The summed E-state index contributed by atoms with van der Waals surface area (Å²) in [5.74, 6) is -0.0340. The van der Waals surface area contributed by atoms with E-state index in [2.05, 4.69) is 4.98 Å². The molecular formula is C20H24N4O3. The maximum absolute atomic E-state index is 12.8. The van der Waals surface area contributed by atoms with Crippen molar-refractivity contribution in [2.75, 3.05) is 32.8 Å². The van der Waals surface area contributed by atoms with E-state index in [1.54, 1.807) is 17.4 Å². The summed E-state index contributed by atoms with van der Waals surface area (Å²) in [4.78, 5) is 33.0. The van der Waals surface area contributed by atoms with E-state index >= 15 is 0 Å². The third-order valence-electron chi connectivity index (χ3n) is 5.22. The van der Waals surface area contributed by atoms with Gasteiger partial charge in [-0.05, 0) is 31.9 Å². The van der Waals surface area contributed by atoms with Crippen LogP contribution in [-0.4, -0.2) is 70.1 Å². The van der Waals surface area contributed by atoms with E-state index in [0.717, 1.165) is 18.5 Å². The molecule has 2 saturated heterocycles. The fourth-order valence-corrected chi connectivity index (χ4v) is 3.56. The minimum Gasteiger partial charge on any atom is -0.368 e. The molecule has 0 unspecified atom stereocenters. The van der Waals surface area contributed by atoms with Gasteiger partial charge in [-0.1, -0.05) is 17.7 Å². The number of hydrogen-bond acceptors (Lipinski definition) is 4. The largest absolute Gasteiger partial charge is 0.368 e. The summed E-state index contributed by atoms with van der Waals surface area (Å²) in [5, 5.41) is 0. The van der Waals surface area contributed by atoms with E-state index < -0.39 is 0 Å². The third-order valence-corrected chi connectivity index (χ3v) is 5.22. The lowest BCUT2D eigenvalue weighted by molar-refractivity contribution is -0.142. The number of aryl methyl sites for hydroxylation is 1. The molecular weight excluding hydrogens is 344 g/mol. The number of imidazole rings is 1. The van der Waals surface area contributed by atoms with Crippen molar-refractivity contribution < 1.29 is 14.3 Å². The van der Waals surface area contributed by atoms with Gasteiger partial charge in [-0.2, -0.15) is 0 Å². The Morgan fingerprint density at radius 3 is 2.44 bits per heavy atom. The number of carbonyl (C=O) groups excluding carboxylic acids is 2. The van der Waals surface area contributed by atoms with Gasteiger partial charge >= 0.3 is 0 Å². The van der Waals surface area contributed by atoms with Crippen LogP contribution < -0.4 is 0 Å². The van der Waals surface area contributed by atoms with Gasteiger partial charge in [-0.15, -0.1) is 0 Å². The minimum atomic E-state index is -0.294. The molecule has 4 rings (SSSR count). The van der Waals surface area contributed by atoms with E-state index in [9.17, 15) is 9.59 Å². The van der Waals surface area contributed by atoms with Gasteiger partial charge < -0.3 is 19.1 Å². The summed E-state index contributed by atoms with van der Waals surface area (Å²) in [6.07, 6.45) is 4.87. The van der Waals surface area contributed by atoms with Crippen LogP contribution >= 0.6 is 0 Å². The zero-order valence-electron chi connectivity index (χ0n) is 15.5. The van der Waals surface area contributed by atoms with Gasteiger partial charge in [0.05, 0.1) is 0 Å². The monoisotopic (exact) mass is 368 g/mol. The molecule has 1 aromatic heterocycles. The average Bonchev–Trinajstić information content (AvgIpc) is 3.40. The van der Waals surface area contributed by atoms with Gasteiger partial charge in [0.2, 0.25) is 0 Å². The number of benzene rings is 1. The first kappa shape index (κ1) is 17.7. The average molecular weight is 368 g/mol. The Labute approximate surface area is 158 Å². The quantitative estimate of drug-likeness (QED) is 0.826. The fourth-order valence-electron chi connectivity index (χ4n) is 3.56. The maximum Gasteiger partial charge on any atom is 0.274 e. The van der Waals surface area contributed by atoms with Crippen LogP contribution in [-0.2, 0) is 9.53 Å². The summed E-state index contributed by atoms with van der Waals surface area (Å²) in [7, 11) is 0. The van der Waals surface area contributed by atoms with Gasteiger partial charge in [0, 0.05) is 44.7 Å². The number of rotatable bonds is 3. The SMILES string of the molecule is Cc1ccc(-n2cnc(C(=O)N3CCN(C(=O)[C@H]4CCCO4)CC3)c2)cc1. The first-order valence-electron chi connectivity index (χ1n) is 9.42. The summed E-state index contributed by atoms with van der Waals surface area (Å²) < 4.78 is 7.33. The van der Waals surface area contributed by atoms with Gasteiger partial charge in [0.25, 0.3) is 11.8 Å². The molecule has 2 aliphatic heterocycles. The number of nitrogens with zero attached hydrogens (tertiary/aromatic N) is 4. The smallest absolute Gasteiger partial charge is 0.274 e. The highest BCUT2D eigenvalue weighted by molar-refractivity contribution is 5.92. The summed E-state index contributed by atoms with van der Waals surface area (Å²) in [6, 6.07) is 8.06. The van der Waals surface area contributed by atoms with Crippen LogP contribution in [0.1, 0.15) is 28.9 Å². The number of hydrogen-bond donors (Lipinski definition) is 0. The molecule has 2 fully saturated rings. The summed E-state index contributed by atoms with van der Waals surface area (Å²) in [6.45, 7) is 4.84. The Hall–Kier alpha value is -2.67.